The Morgan fingerprint density at radius 1 is 1.25 bits per heavy atom. The molecule has 0 bridgehead atoms. The van der Waals surface area contributed by atoms with E-state index in [2.05, 4.69) is 28.6 Å². The van der Waals surface area contributed by atoms with Crippen LogP contribution in [0, 0.1) is 13.8 Å². The molecule has 0 aliphatic rings. The Labute approximate surface area is 124 Å². The maximum atomic E-state index is 11.9. The standard InChI is InChI=1S/C14H13N3OS2/c1-8-6-9(2)12-10(7-8)15-14(20-12)17-13(18)16-11-4-3-5-19-11/h3-7H,1-2H3,(H2,15,16,17,18). The molecule has 0 fully saturated rings. The van der Waals surface area contributed by atoms with Gasteiger partial charge in [-0.1, -0.05) is 17.4 Å². The zero-order valence-corrected chi connectivity index (χ0v) is 12.7. The van der Waals surface area contributed by atoms with Gasteiger partial charge in [-0.2, -0.15) is 0 Å². The van der Waals surface area contributed by atoms with Crippen molar-refractivity contribution in [2.45, 2.75) is 13.8 Å². The van der Waals surface area contributed by atoms with Crippen LogP contribution >= 0.6 is 22.7 Å². The molecule has 0 spiro atoms. The SMILES string of the molecule is Cc1cc(C)c2sc(NC(=O)Nc3cccs3)nc2c1. The van der Waals surface area contributed by atoms with E-state index < -0.39 is 0 Å². The van der Waals surface area contributed by atoms with Crippen molar-refractivity contribution in [2.24, 2.45) is 0 Å². The molecule has 4 nitrogen and oxygen atoms in total. The first-order valence-electron chi connectivity index (χ1n) is 6.11. The molecule has 2 aromatic heterocycles. The van der Waals surface area contributed by atoms with E-state index in [4.69, 9.17) is 0 Å². The highest BCUT2D eigenvalue weighted by Crippen LogP contribution is 2.29. The Hall–Kier alpha value is -1.92. The molecule has 0 aliphatic carbocycles. The van der Waals surface area contributed by atoms with Gasteiger partial charge < -0.3 is 0 Å². The molecule has 2 amide bonds. The van der Waals surface area contributed by atoms with Crippen LogP contribution in [0.3, 0.4) is 0 Å². The van der Waals surface area contributed by atoms with Crippen molar-refractivity contribution in [3.8, 4) is 0 Å². The lowest BCUT2D eigenvalue weighted by atomic mass is 10.1. The fourth-order valence-electron chi connectivity index (χ4n) is 2.02. The molecule has 0 aliphatic heterocycles. The summed E-state index contributed by atoms with van der Waals surface area (Å²) in [6.45, 7) is 4.10. The highest BCUT2D eigenvalue weighted by Gasteiger charge is 2.10. The number of amides is 2. The number of aryl methyl sites for hydroxylation is 2. The number of hydrogen-bond donors (Lipinski definition) is 2. The number of thiazole rings is 1. The van der Waals surface area contributed by atoms with Crippen LogP contribution in [0.5, 0.6) is 0 Å². The van der Waals surface area contributed by atoms with Crippen molar-refractivity contribution in [2.75, 3.05) is 10.6 Å². The first-order valence-corrected chi connectivity index (χ1v) is 7.81. The summed E-state index contributed by atoms with van der Waals surface area (Å²) in [4.78, 5) is 16.3. The number of urea groups is 1. The number of aromatic nitrogens is 1. The number of carbonyl (C=O) groups excluding carboxylic acids is 1. The lowest BCUT2D eigenvalue weighted by molar-refractivity contribution is 0.262. The predicted octanol–water partition coefficient (Wildman–Crippen LogP) is 4.62. The van der Waals surface area contributed by atoms with Crippen LogP contribution in [0.4, 0.5) is 14.9 Å². The third-order valence-electron chi connectivity index (χ3n) is 2.80. The van der Waals surface area contributed by atoms with E-state index in [1.54, 1.807) is 0 Å². The van der Waals surface area contributed by atoms with Gasteiger partial charge in [0.05, 0.1) is 15.2 Å². The fraction of sp³-hybridized carbons (Fsp3) is 0.143. The summed E-state index contributed by atoms with van der Waals surface area (Å²) in [5.41, 5.74) is 3.29. The van der Waals surface area contributed by atoms with Gasteiger partial charge in [-0.15, -0.1) is 11.3 Å². The number of hydrogen-bond acceptors (Lipinski definition) is 4. The average Bonchev–Trinajstić information content (AvgIpc) is 2.98. The molecule has 2 heterocycles. The van der Waals surface area contributed by atoms with E-state index in [0.29, 0.717) is 5.13 Å². The molecular weight excluding hydrogens is 290 g/mol. The summed E-state index contributed by atoms with van der Waals surface area (Å²) in [6, 6.07) is 7.64. The Morgan fingerprint density at radius 2 is 2.10 bits per heavy atom. The second-order valence-corrected chi connectivity index (χ2v) is 6.45. The monoisotopic (exact) mass is 303 g/mol. The van der Waals surface area contributed by atoms with Gasteiger partial charge in [0, 0.05) is 0 Å². The van der Waals surface area contributed by atoms with Crippen molar-refractivity contribution < 1.29 is 4.79 Å². The highest BCUT2D eigenvalue weighted by atomic mass is 32.1. The molecule has 3 rings (SSSR count). The number of rotatable bonds is 2. The van der Waals surface area contributed by atoms with Gasteiger partial charge in [-0.3, -0.25) is 10.6 Å². The number of nitrogens with one attached hydrogen (secondary N) is 2. The smallest absolute Gasteiger partial charge is 0.299 e. The summed E-state index contributed by atoms with van der Waals surface area (Å²) >= 11 is 2.98. The van der Waals surface area contributed by atoms with E-state index in [1.807, 2.05) is 30.5 Å². The minimum absolute atomic E-state index is 0.263. The van der Waals surface area contributed by atoms with Gasteiger partial charge in [0.1, 0.15) is 0 Å². The van der Waals surface area contributed by atoms with Gasteiger partial charge in [0.15, 0.2) is 5.13 Å². The Balaban J connectivity index is 1.81. The maximum absolute atomic E-state index is 11.9. The van der Waals surface area contributed by atoms with Crippen molar-refractivity contribution in [3.05, 3.63) is 40.8 Å². The molecular formula is C14H13N3OS2. The zero-order valence-electron chi connectivity index (χ0n) is 11.1. The van der Waals surface area contributed by atoms with E-state index in [9.17, 15) is 4.79 Å². The van der Waals surface area contributed by atoms with Gasteiger partial charge in [-0.05, 0) is 48.6 Å². The Bertz CT molecular complexity index is 762. The van der Waals surface area contributed by atoms with Crippen LogP contribution in [0.25, 0.3) is 10.2 Å². The molecule has 1 aromatic carbocycles. The van der Waals surface area contributed by atoms with Crippen molar-refractivity contribution in [1.29, 1.82) is 0 Å². The van der Waals surface area contributed by atoms with Crippen LogP contribution in [0.15, 0.2) is 29.6 Å². The van der Waals surface area contributed by atoms with Gasteiger partial charge in [0.25, 0.3) is 0 Å². The number of anilines is 2. The summed E-state index contributed by atoms with van der Waals surface area (Å²) in [6.07, 6.45) is 0. The normalized spacial score (nSPS) is 10.7. The van der Waals surface area contributed by atoms with Gasteiger partial charge in [0.2, 0.25) is 0 Å². The predicted molar refractivity (Wildman–Crippen MR) is 86.1 cm³/mol. The van der Waals surface area contributed by atoms with E-state index in [-0.39, 0.29) is 6.03 Å². The lowest BCUT2D eigenvalue weighted by Gasteiger charge is -2.01. The molecule has 6 heteroatoms. The largest absolute Gasteiger partial charge is 0.326 e. The van der Waals surface area contributed by atoms with Crippen molar-refractivity contribution in [3.63, 3.8) is 0 Å². The number of benzene rings is 1. The first-order chi connectivity index (χ1) is 9.61. The van der Waals surface area contributed by atoms with Crippen molar-refractivity contribution >= 4 is 49.1 Å². The first kappa shape index (κ1) is 13.1. The molecule has 3 aromatic rings. The second kappa shape index (κ2) is 5.22. The minimum Gasteiger partial charge on any atom is -0.299 e. The number of nitrogens with zero attached hydrogens (tertiary/aromatic N) is 1. The molecule has 0 saturated heterocycles. The molecule has 102 valence electrons. The highest BCUT2D eigenvalue weighted by molar-refractivity contribution is 7.22. The molecule has 2 N–H and O–H groups in total. The quantitative estimate of drug-likeness (QED) is 0.726. The number of carbonyl (C=O) groups is 1. The summed E-state index contributed by atoms with van der Waals surface area (Å²) < 4.78 is 1.11. The van der Waals surface area contributed by atoms with Crippen LogP contribution in [-0.2, 0) is 0 Å². The number of fused-ring (bicyclic) bond motifs is 1. The molecule has 20 heavy (non-hydrogen) atoms. The molecule has 0 saturated carbocycles. The lowest BCUT2D eigenvalue weighted by Crippen LogP contribution is -2.18. The maximum Gasteiger partial charge on any atom is 0.326 e. The van der Waals surface area contributed by atoms with Crippen LogP contribution < -0.4 is 10.6 Å². The average molecular weight is 303 g/mol. The summed E-state index contributed by atoms with van der Waals surface area (Å²) in [5.74, 6) is 0. The van der Waals surface area contributed by atoms with Crippen LogP contribution in [-0.4, -0.2) is 11.0 Å². The van der Waals surface area contributed by atoms with Crippen LogP contribution in [0.1, 0.15) is 11.1 Å². The molecule has 0 unspecified atom stereocenters. The third-order valence-corrected chi connectivity index (χ3v) is 4.71. The number of thiophene rings is 1. The van der Waals surface area contributed by atoms with Crippen LogP contribution in [0.2, 0.25) is 0 Å². The second-order valence-electron chi connectivity index (χ2n) is 4.51. The molecule has 0 radical (unpaired) electrons. The summed E-state index contributed by atoms with van der Waals surface area (Å²) in [5, 5.41) is 8.90. The van der Waals surface area contributed by atoms with Gasteiger partial charge >= 0.3 is 6.03 Å². The zero-order chi connectivity index (χ0) is 14.1. The fourth-order valence-corrected chi connectivity index (χ4v) is 3.54. The minimum atomic E-state index is -0.263. The van der Waals surface area contributed by atoms with E-state index in [1.165, 1.54) is 33.8 Å². The van der Waals surface area contributed by atoms with Gasteiger partial charge in [-0.25, -0.2) is 9.78 Å². The topological polar surface area (TPSA) is 54.0 Å². The molecule has 0 atom stereocenters. The summed E-state index contributed by atoms with van der Waals surface area (Å²) in [7, 11) is 0. The third kappa shape index (κ3) is 2.66. The van der Waals surface area contributed by atoms with E-state index >= 15 is 0 Å². The van der Waals surface area contributed by atoms with Crippen molar-refractivity contribution in [1.82, 2.24) is 4.98 Å². The Morgan fingerprint density at radius 3 is 2.85 bits per heavy atom. The Kier molecular flexibility index (Phi) is 3.42. The van der Waals surface area contributed by atoms with E-state index in [0.717, 1.165) is 15.2 Å².